The van der Waals surface area contributed by atoms with Gasteiger partial charge in [0.2, 0.25) is 0 Å². The minimum atomic E-state index is -0.144. The molecule has 3 aromatic rings. The molecule has 0 fully saturated rings. The Morgan fingerprint density at radius 3 is 2.81 bits per heavy atom. The third-order valence-electron chi connectivity index (χ3n) is 3.27. The van der Waals surface area contributed by atoms with Crippen LogP contribution in [0.1, 0.15) is 20.9 Å². The van der Waals surface area contributed by atoms with Gasteiger partial charge in [-0.2, -0.15) is 0 Å². The smallest absolute Gasteiger partial charge is 0.263 e. The van der Waals surface area contributed by atoms with E-state index in [0.717, 1.165) is 21.3 Å². The highest BCUT2D eigenvalue weighted by Gasteiger charge is 2.15. The van der Waals surface area contributed by atoms with Crippen LogP contribution in [0.25, 0.3) is 10.1 Å². The quantitative estimate of drug-likeness (QED) is 0.780. The number of carbonyl (C=O) groups excluding carboxylic acids is 1. The molecule has 2 aromatic heterocycles. The average molecular weight is 297 g/mol. The van der Waals surface area contributed by atoms with E-state index in [-0.39, 0.29) is 5.91 Å². The van der Waals surface area contributed by atoms with Gasteiger partial charge in [-0.3, -0.25) is 9.78 Å². The summed E-state index contributed by atoms with van der Waals surface area (Å²) in [4.78, 5) is 17.0. The van der Waals surface area contributed by atoms with Gasteiger partial charge in [0, 0.05) is 28.5 Å². The monoisotopic (exact) mass is 297 g/mol. The van der Waals surface area contributed by atoms with Crippen LogP contribution in [0.5, 0.6) is 0 Å². The Hall–Kier alpha value is -2.40. The van der Waals surface area contributed by atoms with Gasteiger partial charge in [0.1, 0.15) is 4.88 Å². The van der Waals surface area contributed by atoms with Crippen molar-refractivity contribution in [3.05, 3.63) is 58.7 Å². The van der Waals surface area contributed by atoms with Crippen LogP contribution in [0.3, 0.4) is 0 Å². The molecular weight excluding hydrogens is 282 g/mol. The maximum Gasteiger partial charge on any atom is 0.263 e. The van der Waals surface area contributed by atoms with E-state index in [4.69, 9.17) is 5.73 Å². The second-order valence-electron chi connectivity index (χ2n) is 4.83. The molecule has 4 nitrogen and oxygen atoms in total. The van der Waals surface area contributed by atoms with Crippen molar-refractivity contribution in [2.24, 2.45) is 0 Å². The molecule has 0 unspecified atom stereocenters. The third kappa shape index (κ3) is 2.73. The fourth-order valence-electron chi connectivity index (χ4n) is 2.10. The van der Waals surface area contributed by atoms with Crippen molar-refractivity contribution in [3.63, 3.8) is 0 Å². The minimum Gasteiger partial charge on any atom is -0.397 e. The van der Waals surface area contributed by atoms with Crippen molar-refractivity contribution in [1.29, 1.82) is 0 Å². The molecule has 0 radical (unpaired) electrons. The first kappa shape index (κ1) is 13.6. The van der Waals surface area contributed by atoms with Gasteiger partial charge >= 0.3 is 0 Å². The van der Waals surface area contributed by atoms with Crippen LogP contribution in [0.15, 0.2) is 42.6 Å². The van der Waals surface area contributed by atoms with E-state index in [1.165, 1.54) is 11.3 Å². The maximum absolute atomic E-state index is 12.3. The van der Waals surface area contributed by atoms with Gasteiger partial charge in [-0.05, 0) is 24.6 Å². The van der Waals surface area contributed by atoms with Gasteiger partial charge in [0.25, 0.3) is 5.91 Å². The molecule has 3 N–H and O–H groups in total. The van der Waals surface area contributed by atoms with Crippen LogP contribution in [-0.4, -0.2) is 10.9 Å². The van der Waals surface area contributed by atoms with Crippen LogP contribution in [-0.2, 0) is 6.54 Å². The van der Waals surface area contributed by atoms with Crippen molar-refractivity contribution < 1.29 is 4.79 Å². The Kier molecular flexibility index (Phi) is 3.58. The van der Waals surface area contributed by atoms with Crippen molar-refractivity contribution in [2.45, 2.75) is 13.5 Å². The van der Waals surface area contributed by atoms with Gasteiger partial charge in [0.05, 0.1) is 5.69 Å². The highest BCUT2D eigenvalue weighted by molar-refractivity contribution is 7.21. The van der Waals surface area contributed by atoms with E-state index in [9.17, 15) is 4.79 Å². The number of nitrogens with two attached hydrogens (primary N) is 1. The number of rotatable bonds is 3. The molecule has 0 aliphatic carbocycles. The van der Waals surface area contributed by atoms with Gasteiger partial charge in [-0.15, -0.1) is 11.3 Å². The van der Waals surface area contributed by atoms with E-state index in [2.05, 4.69) is 10.3 Å². The summed E-state index contributed by atoms with van der Waals surface area (Å²) < 4.78 is 1.03. The number of aryl methyl sites for hydroxylation is 1. The van der Waals surface area contributed by atoms with Crippen LogP contribution in [0.4, 0.5) is 5.69 Å². The molecule has 0 atom stereocenters. The Bertz CT molecular complexity index is 793. The lowest BCUT2D eigenvalue weighted by atomic mass is 10.2. The Morgan fingerprint density at radius 2 is 2.10 bits per heavy atom. The van der Waals surface area contributed by atoms with Crippen molar-refractivity contribution >= 4 is 33.0 Å². The van der Waals surface area contributed by atoms with Crippen LogP contribution in [0, 0.1) is 6.92 Å². The summed E-state index contributed by atoms with van der Waals surface area (Å²) in [5.41, 5.74) is 8.54. The molecule has 2 heterocycles. The van der Waals surface area contributed by atoms with Crippen molar-refractivity contribution in [2.75, 3.05) is 5.73 Å². The molecule has 0 saturated carbocycles. The number of benzene rings is 1. The van der Waals surface area contributed by atoms with Crippen LogP contribution in [0.2, 0.25) is 0 Å². The zero-order valence-corrected chi connectivity index (χ0v) is 12.4. The number of nitrogen functional groups attached to an aromatic ring is 1. The van der Waals surface area contributed by atoms with Crippen LogP contribution >= 0.6 is 11.3 Å². The normalized spacial score (nSPS) is 10.7. The molecule has 0 aliphatic heterocycles. The molecule has 1 amide bonds. The lowest BCUT2D eigenvalue weighted by Gasteiger charge is -2.04. The fourth-order valence-corrected chi connectivity index (χ4v) is 3.14. The van der Waals surface area contributed by atoms with E-state index in [1.54, 1.807) is 6.20 Å². The van der Waals surface area contributed by atoms with E-state index < -0.39 is 0 Å². The van der Waals surface area contributed by atoms with Gasteiger partial charge in [0.15, 0.2) is 0 Å². The van der Waals surface area contributed by atoms with Gasteiger partial charge < -0.3 is 11.1 Å². The number of nitrogens with one attached hydrogen (secondary N) is 1. The first-order chi connectivity index (χ1) is 10.1. The summed E-state index contributed by atoms with van der Waals surface area (Å²) in [5.74, 6) is -0.144. The Morgan fingerprint density at radius 1 is 1.29 bits per heavy atom. The number of thiophene rings is 1. The SMILES string of the molecule is Cc1ccc(CNC(=O)c2sc3ccccc3c2N)cn1. The standard InChI is InChI=1S/C16H15N3OS/c1-10-6-7-11(8-18-10)9-19-16(20)15-14(17)12-4-2-3-5-13(12)21-15/h2-8H,9,17H2,1H3,(H,19,20). The van der Waals surface area contributed by atoms with E-state index >= 15 is 0 Å². The number of amides is 1. The summed E-state index contributed by atoms with van der Waals surface area (Å²) in [7, 11) is 0. The van der Waals surface area contributed by atoms with Gasteiger partial charge in [-0.1, -0.05) is 24.3 Å². The lowest BCUT2D eigenvalue weighted by Crippen LogP contribution is -2.22. The fraction of sp³-hybridized carbons (Fsp3) is 0.125. The highest BCUT2D eigenvalue weighted by atomic mass is 32.1. The first-order valence-corrected chi connectivity index (χ1v) is 7.43. The number of hydrogen-bond acceptors (Lipinski definition) is 4. The summed E-state index contributed by atoms with van der Waals surface area (Å²) in [6, 6.07) is 11.6. The number of pyridine rings is 1. The summed E-state index contributed by atoms with van der Waals surface area (Å²) in [6.07, 6.45) is 1.77. The first-order valence-electron chi connectivity index (χ1n) is 6.62. The largest absolute Gasteiger partial charge is 0.397 e. The second kappa shape index (κ2) is 5.54. The van der Waals surface area contributed by atoms with E-state index in [0.29, 0.717) is 17.1 Å². The molecule has 5 heteroatoms. The summed E-state index contributed by atoms with van der Waals surface area (Å²) >= 11 is 1.42. The molecule has 21 heavy (non-hydrogen) atoms. The summed E-state index contributed by atoms with van der Waals surface area (Å²) in [5, 5.41) is 3.82. The van der Waals surface area contributed by atoms with Gasteiger partial charge in [-0.25, -0.2) is 0 Å². The highest BCUT2D eigenvalue weighted by Crippen LogP contribution is 2.33. The maximum atomic E-state index is 12.3. The minimum absolute atomic E-state index is 0.144. The zero-order valence-electron chi connectivity index (χ0n) is 11.6. The average Bonchev–Trinajstić information content (AvgIpc) is 2.84. The summed E-state index contributed by atoms with van der Waals surface area (Å²) in [6.45, 7) is 2.38. The lowest BCUT2D eigenvalue weighted by molar-refractivity contribution is 0.0956. The molecule has 3 rings (SSSR count). The molecule has 0 aliphatic rings. The molecular formula is C16H15N3OS. The topological polar surface area (TPSA) is 68.0 Å². The van der Waals surface area contributed by atoms with Crippen molar-refractivity contribution in [1.82, 2.24) is 10.3 Å². The second-order valence-corrected chi connectivity index (χ2v) is 5.88. The number of anilines is 1. The predicted molar refractivity (Wildman–Crippen MR) is 86.4 cm³/mol. The Balaban J connectivity index is 1.78. The Labute approximate surface area is 126 Å². The third-order valence-corrected chi connectivity index (χ3v) is 4.45. The number of nitrogens with zero attached hydrogens (tertiary/aromatic N) is 1. The molecule has 0 bridgehead atoms. The predicted octanol–water partition coefficient (Wildman–Crippen LogP) is 3.12. The van der Waals surface area contributed by atoms with E-state index in [1.807, 2.05) is 43.3 Å². The number of hydrogen-bond donors (Lipinski definition) is 2. The zero-order chi connectivity index (χ0) is 14.8. The van der Waals surface area contributed by atoms with Crippen LogP contribution < -0.4 is 11.1 Å². The molecule has 1 aromatic carbocycles. The molecule has 0 spiro atoms. The molecule has 0 saturated heterocycles. The van der Waals surface area contributed by atoms with Crippen molar-refractivity contribution in [3.8, 4) is 0 Å². The number of aromatic nitrogens is 1. The molecule has 106 valence electrons. The number of fused-ring (bicyclic) bond motifs is 1. The number of carbonyl (C=O) groups is 1.